The average molecular weight is 428 g/mol. The average Bonchev–Trinajstić information content (AvgIpc) is 2.96. The van der Waals surface area contributed by atoms with Gasteiger partial charge in [-0.05, 0) is 51.0 Å². The van der Waals surface area contributed by atoms with Crippen molar-refractivity contribution in [3.05, 3.63) is 35.9 Å². The molecule has 1 amide bonds. The second-order valence-corrected chi connectivity index (χ2v) is 9.21. The molecule has 4 nitrogen and oxygen atoms in total. The van der Waals surface area contributed by atoms with Crippen molar-refractivity contribution in [3.63, 3.8) is 0 Å². The maximum Gasteiger partial charge on any atom is 0.222 e. The quantitative estimate of drug-likeness (QED) is 0.791. The largest absolute Gasteiger partial charge is 0.340 e. The lowest BCUT2D eigenvalue weighted by atomic mass is 9.88. The van der Waals surface area contributed by atoms with Crippen LogP contribution in [-0.2, 0) is 11.3 Å². The first kappa shape index (κ1) is 23.5. The molecule has 2 atom stereocenters. The first-order valence-electron chi connectivity index (χ1n) is 10.3. The molecule has 0 aliphatic carbocycles. The van der Waals surface area contributed by atoms with E-state index in [0.29, 0.717) is 23.9 Å². The molecule has 0 saturated carbocycles. The standard InChI is InChI=1S/C22H33N3O.2ClH/c1-22(2)16-24(10-11-25(22)15-17-6-4-3-5-7-17)21(26)14-18-12-19-8-9-20(13-18)23-19;;/h3-7,18-20,23H,8-16H2,1-2H3;2*1H. The highest BCUT2D eigenvalue weighted by Gasteiger charge is 2.38. The molecule has 2 unspecified atom stereocenters. The third-order valence-corrected chi connectivity index (χ3v) is 6.68. The molecular weight excluding hydrogens is 393 g/mol. The van der Waals surface area contributed by atoms with Crippen LogP contribution in [0.3, 0.4) is 0 Å². The van der Waals surface area contributed by atoms with Crippen LogP contribution in [-0.4, -0.2) is 53.0 Å². The summed E-state index contributed by atoms with van der Waals surface area (Å²) in [6.07, 6.45) is 5.75. The molecule has 3 heterocycles. The van der Waals surface area contributed by atoms with Gasteiger partial charge in [-0.25, -0.2) is 0 Å². The second kappa shape index (κ2) is 9.80. The van der Waals surface area contributed by atoms with Crippen molar-refractivity contribution < 1.29 is 4.79 Å². The third kappa shape index (κ3) is 5.41. The van der Waals surface area contributed by atoms with E-state index in [-0.39, 0.29) is 30.4 Å². The zero-order valence-corrected chi connectivity index (χ0v) is 18.7. The highest BCUT2D eigenvalue weighted by molar-refractivity contribution is 5.85. The SMILES string of the molecule is CC1(C)CN(C(=O)CC2CC3CCC(C2)N3)CCN1Cc1ccccc1.Cl.Cl. The van der Waals surface area contributed by atoms with Crippen molar-refractivity contribution in [1.82, 2.24) is 15.1 Å². The summed E-state index contributed by atoms with van der Waals surface area (Å²) in [6, 6.07) is 12.0. The zero-order valence-electron chi connectivity index (χ0n) is 17.1. The van der Waals surface area contributed by atoms with Crippen molar-refractivity contribution in [3.8, 4) is 0 Å². The van der Waals surface area contributed by atoms with Crippen LogP contribution in [0.15, 0.2) is 30.3 Å². The molecule has 2 bridgehead atoms. The fraction of sp³-hybridized carbons (Fsp3) is 0.682. The molecule has 3 fully saturated rings. The summed E-state index contributed by atoms with van der Waals surface area (Å²) in [4.78, 5) is 17.6. The van der Waals surface area contributed by atoms with E-state index in [1.165, 1.54) is 31.2 Å². The second-order valence-electron chi connectivity index (χ2n) is 9.21. The summed E-state index contributed by atoms with van der Waals surface area (Å²) in [7, 11) is 0. The summed E-state index contributed by atoms with van der Waals surface area (Å²) in [5, 5.41) is 3.68. The normalized spacial score (nSPS) is 28.9. The summed E-state index contributed by atoms with van der Waals surface area (Å²) >= 11 is 0. The molecule has 28 heavy (non-hydrogen) atoms. The van der Waals surface area contributed by atoms with Crippen LogP contribution in [0.4, 0.5) is 0 Å². The van der Waals surface area contributed by atoms with Gasteiger partial charge in [-0.3, -0.25) is 9.69 Å². The van der Waals surface area contributed by atoms with E-state index in [9.17, 15) is 4.79 Å². The molecule has 3 aliphatic heterocycles. The minimum Gasteiger partial charge on any atom is -0.340 e. The third-order valence-electron chi connectivity index (χ3n) is 6.68. The number of benzene rings is 1. The van der Waals surface area contributed by atoms with Crippen molar-refractivity contribution in [2.45, 2.75) is 70.1 Å². The lowest BCUT2D eigenvalue weighted by molar-refractivity contribution is -0.137. The van der Waals surface area contributed by atoms with Gasteiger partial charge in [-0.2, -0.15) is 0 Å². The summed E-state index contributed by atoms with van der Waals surface area (Å²) < 4.78 is 0. The van der Waals surface area contributed by atoms with E-state index in [1.54, 1.807) is 0 Å². The molecule has 1 N–H and O–H groups in total. The molecule has 6 heteroatoms. The van der Waals surface area contributed by atoms with E-state index in [0.717, 1.165) is 32.6 Å². The molecule has 3 saturated heterocycles. The van der Waals surface area contributed by atoms with Crippen LogP contribution in [0.25, 0.3) is 0 Å². The number of hydrogen-bond donors (Lipinski definition) is 1. The van der Waals surface area contributed by atoms with Crippen molar-refractivity contribution in [1.29, 1.82) is 0 Å². The smallest absolute Gasteiger partial charge is 0.222 e. The number of fused-ring (bicyclic) bond motifs is 2. The van der Waals surface area contributed by atoms with E-state index in [2.05, 4.69) is 59.3 Å². The Morgan fingerprint density at radius 1 is 1.07 bits per heavy atom. The first-order valence-corrected chi connectivity index (χ1v) is 10.3. The number of nitrogens with one attached hydrogen (secondary N) is 1. The van der Waals surface area contributed by atoms with Crippen molar-refractivity contribution in [2.24, 2.45) is 5.92 Å². The Kier molecular flexibility index (Phi) is 8.21. The Morgan fingerprint density at radius 3 is 2.32 bits per heavy atom. The molecule has 158 valence electrons. The molecule has 0 spiro atoms. The van der Waals surface area contributed by atoms with E-state index in [4.69, 9.17) is 0 Å². The Labute approximate surface area is 182 Å². The number of nitrogens with zero attached hydrogens (tertiary/aromatic N) is 2. The number of carbonyl (C=O) groups is 1. The van der Waals surface area contributed by atoms with Gasteiger partial charge in [0.15, 0.2) is 0 Å². The Hall–Kier alpha value is -0.810. The monoisotopic (exact) mass is 427 g/mol. The number of rotatable bonds is 4. The highest BCUT2D eigenvalue weighted by atomic mass is 35.5. The summed E-state index contributed by atoms with van der Waals surface area (Å²) in [5.41, 5.74) is 1.38. The van der Waals surface area contributed by atoms with Crippen LogP contribution in [0, 0.1) is 5.92 Å². The fourth-order valence-electron chi connectivity index (χ4n) is 5.22. The first-order chi connectivity index (χ1) is 12.5. The number of piperazine rings is 1. The minimum absolute atomic E-state index is 0. The number of carbonyl (C=O) groups excluding carboxylic acids is 1. The van der Waals surface area contributed by atoms with Gasteiger partial charge in [0, 0.05) is 50.2 Å². The Morgan fingerprint density at radius 2 is 1.71 bits per heavy atom. The predicted molar refractivity (Wildman–Crippen MR) is 119 cm³/mol. The van der Waals surface area contributed by atoms with E-state index >= 15 is 0 Å². The van der Waals surface area contributed by atoms with E-state index < -0.39 is 0 Å². The number of hydrogen-bond acceptors (Lipinski definition) is 3. The van der Waals surface area contributed by atoms with Gasteiger partial charge in [0.05, 0.1) is 0 Å². The Balaban J connectivity index is 0.00000140. The molecule has 0 radical (unpaired) electrons. The van der Waals surface area contributed by atoms with Gasteiger partial charge >= 0.3 is 0 Å². The fourth-order valence-corrected chi connectivity index (χ4v) is 5.22. The topological polar surface area (TPSA) is 35.6 Å². The highest BCUT2D eigenvalue weighted by Crippen LogP contribution is 2.33. The zero-order chi connectivity index (χ0) is 18.1. The Bertz CT molecular complexity index is 628. The van der Waals surface area contributed by atoms with Gasteiger partial charge < -0.3 is 10.2 Å². The van der Waals surface area contributed by atoms with Gasteiger partial charge in [-0.1, -0.05) is 30.3 Å². The number of piperidine rings is 1. The van der Waals surface area contributed by atoms with Crippen molar-refractivity contribution in [2.75, 3.05) is 19.6 Å². The summed E-state index contributed by atoms with van der Waals surface area (Å²) in [5.74, 6) is 0.968. The molecule has 4 rings (SSSR count). The van der Waals surface area contributed by atoms with Crippen molar-refractivity contribution >= 4 is 30.7 Å². The minimum atomic E-state index is 0. The maximum absolute atomic E-state index is 12.9. The lowest BCUT2D eigenvalue weighted by Crippen LogP contribution is -2.60. The van der Waals surface area contributed by atoms with Crippen LogP contribution < -0.4 is 5.32 Å². The van der Waals surface area contributed by atoms with Gasteiger partial charge in [-0.15, -0.1) is 24.8 Å². The number of halogens is 2. The maximum atomic E-state index is 12.9. The summed E-state index contributed by atoms with van der Waals surface area (Å²) in [6.45, 7) is 8.20. The molecule has 1 aromatic carbocycles. The lowest BCUT2D eigenvalue weighted by Gasteiger charge is -2.47. The van der Waals surface area contributed by atoms with Gasteiger partial charge in [0.25, 0.3) is 0 Å². The van der Waals surface area contributed by atoms with Crippen LogP contribution in [0.1, 0.15) is 51.5 Å². The molecule has 3 aliphatic rings. The van der Waals surface area contributed by atoms with Gasteiger partial charge in [0.2, 0.25) is 5.91 Å². The predicted octanol–water partition coefficient (Wildman–Crippen LogP) is 3.87. The van der Waals surface area contributed by atoms with Crippen LogP contribution in [0.2, 0.25) is 0 Å². The van der Waals surface area contributed by atoms with Gasteiger partial charge in [0.1, 0.15) is 0 Å². The van der Waals surface area contributed by atoms with E-state index in [1.807, 2.05) is 0 Å². The molecule has 0 aromatic heterocycles. The number of amides is 1. The van der Waals surface area contributed by atoms with Crippen LogP contribution >= 0.6 is 24.8 Å². The van der Waals surface area contributed by atoms with Crippen LogP contribution in [0.5, 0.6) is 0 Å². The molecular formula is C22H35Cl2N3O. The molecule has 1 aromatic rings.